The molecule has 0 saturated heterocycles. The number of rotatable bonds is 7. The molecule has 0 aromatic rings. The number of carbonyl (C=O) groups is 1. The summed E-state index contributed by atoms with van der Waals surface area (Å²) in [6, 6.07) is 0. The van der Waals surface area contributed by atoms with Crippen LogP contribution in [0.2, 0.25) is 0 Å². The Morgan fingerprint density at radius 1 is 1.23 bits per heavy atom. The SMILES string of the molecule is CCCN(CCNCC)C(=O)CC. The van der Waals surface area contributed by atoms with Gasteiger partial charge in [0.1, 0.15) is 0 Å². The molecule has 0 aliphatic rings. The van der Waals surface area contributed by atoms with Gasteiger partial charge in [0.2, 0.25) is 5.91 Å². The van der Waals surface area contributed by atoms with Crippen molar-refractivity contribution in [2.45, 2.75) is 33.6 Å². The average molecular weight is 186 g/mol. The van der Waals surface area contributed by atoms with Crippen molar-refractivity contribution in [3.8, 4) is 0 Å². The van der Waals surface area contributed by atoms with Crippen LogP contribution in [-0.4, -0.2) is 37.0 Å². The highest BCUT2D eigenvalue weighted by molar-refractivity contribution is 5.75. The summed E-state index contributed by atoms with van der Waals surface area (Å²) in [5.41, 5.74) is 0. The van der Waals surface area contributed by atoms with Gasteiger partial charge in [0, 0.05) is 26.1 Å². The molecule has 0 saturated carbocycles. The zero-order valence-electron chi connectivity index (χ0n) is 9.10. The lowest BCUT2D eigenvalue weighted by molar-refractivity contribution is -0.130. The summed E-state index contributed by atoms with van der Waals surface area (Å²) in [5.74, 6) is 0.264. The normalized spacial score (nSPS) is 10.1. The van der Waals surface area contributed by atoms with Crippen LogP contribution in [0.5, 0.6) is 0 Å². The first kappa shape index (κ1) is 12.4. The van der Waals surface area contributed by atoms with E-state index < -0.39 is 0 Å². The van der Waals surface area contributed by atoms with Crippen molar-refractivity contribution >= 4 is 5.91 Å². The van der Waals surface area contributed by atoms with E-state index in [0.717, 1.165) is 32.6 Å². The van der Waals surface area contributed by atoms with Gasteiger partial charge in [0.25, 0.3) is 0 Å². The fraction of sp³-hybridized carbons (Fsp3) is 0.900. The summed E-state index contributed by atoms with van der Waals surface area (Å²) in [4.78, 5) is 13.3. The Hall–Kier alpha value is -0.570. The predicted molar refractivity (Wildman–Crippen MR) is 55.7 cm³/mol. The molecule has 13 heavy (non-hydrogen) atoms. The number of hydrogen-bond donors (Lipinski definition) is 1. The van der Waals surface area contributed by atoms with E-state index in [0.29, 0.717) is 6.42 Å². The molecule has 0 aromatic carbocycles. The number of nitrogens with zero attached hydrogens (tertiary/aromatic N) is 1. The van der Waals surface area contributed by atoms with Crippen LogP contribution in [-0.2, 0) is 4.79 Å². The van der Waals surface area contributed by atoms with Crippen LogP contribution in [0.25, 0.3) is 0 Å². The second-order valence-electron chi connectivity index (χ2n) is 3.09. The van der Waals surface area contributed by atoms with Crippen molar-refractivity contribution < 1.29 is 4.79 Å². The average Bonchev–Trinajstić information content (AvgIpc) is 2.16. The highest BCUT2D eigenvalue weighted by Gasteiger charge is 2.08. The number of carbonyl (C=O) groups excluding carboxylic acids is 1. The molecule has 1 amide bonds. The third-order valence-electron chi connectivity index (χ3n) is 1.96. The second kappa shape index (κ2) is 8.05. The van der Waals surface area contributed by atoms with E-state index in [2.05, 4.69) is 19.2 Å². The molecule has 0 aliphatic heterocycles. The van der Waals surface area contributed by atoms with Gasteiger partial charge in [-0.25, -0.2) is 0 Å². The van der Waals surface area contributed by atoms with Gasteiger partial charge in [-0.3, -0.25) is 4.79 Å². The zero-order valence-corrected chi connectivity index (χ0v) is 9.10. The van der Waals surface area contributed by atoms with E-state index in [1.165, 1.54) is 0 Å². The molecule has 0 fully saturated rings. The molecule has 1 N–H and O–H groups in total. The van der Waals surface area contributed by atoms with E-state index in [1.807, 2.05) is 11.8 Å². The quantitative estimate of drug-likeness (QED) is 0.607. The first-order valence-electron chi connectivity index (χ1n) is 5.24. The number of hydrogen-bond acceptors (Lipinski definition) is 2. The molecule has 0 aromatic heterocycles. The summed E-state index contributed by atoms with van der Waals surface area (Å²) in [7, 11) is 0. The first-order valence-corrected chi connectivity index (χ1v) is 5.24. The van der Waals surface area contributed by atoms with E-state index in [4.69, 9.17) is 0 Å². The van der Waals surface area contributed by atoms with Gasteiger partial charge in [0.15, 0.2) is 0 Å². The fourth-order valence-corrected chi connectivity index (χ4v) is 1.25. The minimum absolute atomic E-state index is 0.264. The van der Waals surface area contributed by atoms with Gasteiger partial charge in [-0.1, -0.05) is 20.8 Å². The highest BCUT2D eigenvalue weighted by Crippen LogP contribution is 1.95. The Bertz CT molecular complexity index is 137. The number of nitrogens with one attached hydrogen (secondary N) is 1. The summed E-state index contributed by atoms with van der Waals surface area (Å²) in [6.45, 7) is 9.70. The minimum atomic E-state index is 0.264. The Morgan fingerprint density at radius 3 is 2.38 bits per heavy atom. The zero-order chi connectivity index (χ0) is 10.1. The fourth-order valence-electron chi connectivity index (χ4n) is 1.25. The largest absolute Gasteiger partial charge is 0.341 e. The van der Waals surface area contributed by atoms with Crippen LogP contribution in [0, 0.1) is 0 Å². The molecule has 0 atom stereocenters. The smallest absolute Gasteiger partial charge is 0.222 e. The number of amides is 1. The molecule has 3 nitrogen and oxygen atoms in total. The second-order valence-corrected chi connectivity index (χ2v) is 3.09. The van der Waals surface area contributed by atoms with Crippen LogP contribution >= 0.6 is 0 Å². The van der Waals surface area contributed by atoms with Gasteiger partial charge >= 0.3 is 0 Å². The molecule has 0 rings (SSSR count). The summed E-state index contributed by atoms with van der Waals surface area (Å²) >= 11 is 0. The Balaban J connectivity index is 3.73. The standard InChI is InChI=1S/C10H22N2O/c1-4-8-12(10(13)5-2)9-7-11-6-3/h11H,4-9H2,1-3H3. The maximum Gasteiger partial charge on any atom is 0.222 e. The maximum absolute atomic E-state index is 11.4. The topological polar surface area (TPSA) is 32.3 Å². The van der Waals surface area contributed by atoms with Crippen LogP contribution < -0.4 is 5.32 Å². The third-order valence-corrected chi connectivity index (χ3v) is 1.96. The van der Waals surface area contributed by atoms with Crippen LogP contribution in [0.3, 0.4) is 0 Å². The monoisotopic (exact) mass is 186 g/mol. The third kappa shape index (κ3) is 5.64. The van der Waals surface area contributed by atoms with E-state index >= 15 is 0 Å². The van der Waals surface area contributed by atoms with E-state index in [-0.39, 0.29) is 5.91 Å². The Labute approximate surface area is 81.5 Å². The van der Waals surface area contributed by atoms with Gasteiger partial charge in [-0.05, 0) is 13.0 Å². The number of likely N-dealkylation sites (N-methyl/N-ethyl adjacent to an activating group) is 1. The summed E-state index contributed by atoms with van der Waals surface area (Å²) < 4.78 is 0. The lowest BCUT2D eigenvalue weighted by Gasteiger charge is -2.21. The lowest BCUT2D eigenvalue weighted by atomic mass is 10.3. The van der Waals surface area contributed by atoms with Crippen molar-refractivity contribution in [3.63, 3.8) is 0 Å². The molecule has 78 valence electrons. The summed E-state index contributed by atoms with van der Waals surface area (Å²) in [5, 5.41) is 3.22. The highest BCUT2D eigenvalue weighted by atomic mass is 16.2. The van der Waals surface area contributed by atoms with Gasteiger partial charge < -0.3 is 10.2 Å². The summed E-state index contributed by atoms with van der Waals surface area (Å²) in [6.07, 6.45) is 1.66. The molecule has 0 radical (unpaired) electrons. The van der Waals surface area contributed by atoms with E-state index in [9.17, 15) is 4.79 Å². The lowest BCUT2D eigenvalue weighted by Crippen LogP contribution is -2.37. The van der Waals surface area contributed by atoms with Crippen molar-refractivity contribution in [2.24, 2.45) is 0 Å². The van der Waals surface area contributed by atoms with Crippen molar-refractivity contribution in [2.75, 3.05) is 26.2 Å². The molecule has 3 heteroatoms. The first-order chi connectivity index (χ1) is 6.26. The molecular formula is C10H22N2O. The molecule has 0 unspecified atom stereocenters. The van der Waals surface area contributed by atoms with Crippen LogP contribution in [0.4, 0.5) is 0 Å². The Morgan fingerprint density at radius 2 is 1.92 bits per heavy atom. The van der Waals surface area contributed by atoms with Crippen molar-refractivity contribution in [1.82, 2.24) is 10.2 Å². The Kier molecular flexibility index (Phi) is 7.69. The molecule has 0 aliphatic carbocycles. The molecule has 0 heterocycles. The maximum atomic E-state index is 11.4. The van der Waals surface area contributed by atoms with Crippen LogP contribution in [0.1, 0.15) is 33.6 Å². The van der Waals surface area contributed by atoms with Gasteiger partial charge in [-0.2, -0.15) is 0 Å². The van der Waals surface area contributed by atoms with Crippen molar-refractivity contribution in [1.29, 1.82) is 0 Å². The van der Waals surface area contributed by atoms with Gasteiger partial charge in [-0.15, -0.1) is 0 Å². The molecular weight excluding hydrogens is 164 g/mol. The minimum Gasteiger partial charge on any atom is -0.341 e. The van der Waals surface area contributed by atoms with Gasteiger partial charge in [0.05, 0.1) is 0 Å². The predicted octanol–water partition coefficient (Wildman–Crippen LogP) is 1.24. The van der Waals surface area contributed by atoms with Crippen LogP contribution in [0.15, 0.2) is 0 Å². The molecule has 0 bridgehead atoms. The van der Waals surface area contributed by atoms with E-state index in [1.54, 1.807) is 0 Å². The molecule has 0 spiro atoms. The van der Waals surface area contributed by atoms with Crippen molar-refractivity contribution in [3.05, 3.63) is 0 Å².